The van der Waals surface area contributed by atoms with Crippen LogP contribution < -0.4 is 16.6 Å². The van der Waals surface area contributed by atoms with Crippen LogP contribution in [0.1, 0.15) is 37.2 Å². The quantitative estimate of drug-likeness (QED) is 0.266. The highest BCUT2D eigenvalue weighted by Gasteiger charge is 2.18. The molecule has 2 atom stereocenters. The molecule has 0 saturated carbocycles. The number of hydrogen-bond donors (Lipinski definition) is 3. The van der Waals surface area contributed by atoms with Crippen molar-refractivity contribution in [3.05, 3.63) is 104 Å². The van der Waals surface area contributed by atoms with Crippen molar-refractivity contribution in [3.63, 3.8) is 0 Å². The van der Waals surface area contributed by atoms with Crippen LogP contribution in [0.3, 0.4) is 0 Å². The summed E-state index contributed by atoms with van der Waals surface area (Å²) in [4.78, 5) is 40.8. The fraction of sp³-hybridized carbons (Fsp3) is 0.200. The van der Waals surface area contributed by atoms with E-state index in [1.165, 1.54) is 18.2 Å². The van der Waals surface area contributed by atoms with Crippen molar-refractivity contribution in [1.82, 2.24) is 19.9 Å². The maximum Gasteiger partial charge on any atom is 0.329 e. The number of phenols is 1. The van der Waals surface area contributed by atoms with Gasteiger partial charge in [-0.05, 0) is 50.1 Å². The van der Waals surface area contributed by atoms with Crippen LogP contribution in [0.15, 0.2) is 58.3 Å². The summed E-state index contributed by atoms with van der Waals surface area (Å²) in [5.41, 5.74) is -0.616. The highest BCUT2D eigenvalue weighted by Crippen LogP contribution is 2.23. The van der Waals surface area contributed by atoms with Crippen molar-refractivity contribution in [2.45, 2.75) is 32.4 Å². The Kier molecular flexibility index (Phi) is 8.43. The van der Waals surface area contributed by atoms with Crippen molar-refractivity contribution in [1.29, 1.82) is 0 Å². The van der Waals surface area contributed by atoms with Crippen LogP contribution in [0, 0.1) is 23.3 Å². The molecule has 0 spiro atoms. The molecular formula is C25H22F4N4O4. The number of H-pyrrole nitrogens is 1. The minimum absolute atomic E-state index is 0.0218. The first-order valence-corrected chi connectivity index (χ1v) is 10.9. The number of aromatic amines is 1. The van der Waals surface area contributed by atoms with Gasteiger partial charge in [0.25, 0.3) is 5.56 Å². The lowest BCUT2D eigenvalue weighted by Gasteiger charge is -2.15. The van der Waals surface area contributed by atoms with Crippen LogP contribution in [-0.4, -0.2) is 26.1 Å². The Balaban J connectivity index is 0.000000248. The zero-order valence-electron chi connectivity index (χ0n) is 19.6. The molecule has 0 aliphatic heterocycles. The fourth-order valence-corrected chi connectivity index (χ4v) is 3.65. The summed E-state index contributed by atoms with van der Waals surface area (Å²) in [6, 6.07) is 7.49. The Labute approximate surface area is 207 Å². The number of fused-ring (bicyclic) bond motifs is 1. The second kappa shape index (κ2) is 11.5. The summed E-state index contributed by atoms with van der Waals surface area (Å²) in [5.74, 6) is -3.62. The predicted octanol–water partition coefficient (Wildman–Crippen LogP) is 3.64. The Hall–Kier alpha value is -4.48. The first-order chi connectivity index (χ1) is 17.5. The second-order valence-electron chi connectivity index (χ2n) is 8.13. The number of phenolic OH excluding ortho intramolecular Hbond substituents is 1. The average Bonchev–Trinajstić information content (AvgIpc) is 2.83. The minimum atomic E-state index is -0.940. The van der Waals surface area contributed by atoms with Gasteiger partial charge in [-0.3, -0.25) is 19.1 Å². The van der Waals surface area contributed by atoms with Gasteiger partial charge in [0.2, 0.25) is 6.41 Å². The molecule has 12 heteroatoms. The van der Waals surface area contributed by atoms with Crippen LogP contribution in [0.2, 0.25) is 0 Å². The van der Waals surface area contributed by atoms with Crippen molar-refractivity contribution < 1.29 is 27.5 Å². The largest absolute Gasteiger partial charge is 0.504 e. The average molecular weight is 518 g/mol. The van der Waals surface area contributed by atoms with E-state index in [0.29, 0.717) is 12.8 Å². The van der Waals surface area contributed by atoms with Crippen LogP contribution in [0.4, 0.5) is 17.6 Å². The van der Waals surface area contributed by atoms with Crippen molar-refractivity contribution in [3.8, 4) is 5.75 Å². The number of carbonyl (C=O) groups excluding carboxylic acids is 1. The maximum absolute atomic E-state index is 13.5. The van der Waals surface area contributed by atoms with Crippen molar-refractivity contribution in [2.24, 2.45) is 0 Å². The number of aromatic nitrogens is 3. The zero-order valence-corrected chi connectivity index (χ0v) is 19.6. The lowest BCUT2D eigenvalue weighted by Crippen LogP contribution is -2.38. The number of halogens is 4. The lowest BCUT2D eigenvalue weighted by atomic mass is 10.1. The molecule has 0 radical (unpaired) electrons. The molecular weight excluding hydrogens is 496 g/mol. The molecule has 2 aromatic carbocycles. The Morgan fingerprint density at radius 2 is 1.70 bits per heavy atom. The van der Waals surface area contributed by atoms with E-state index in [1.807, 2.05) is 0 Å². The summed E-state index contributed by atoms with van der Waals surface area (Å²) in [6.07, 6.45) is 1.64. The molecule has 8 nitrogen and oxygen atoms in total. The van der Waals surface area contributed by atoms with Gasteiger partial charge in [-0.25, -0.2) is 22.4 Å². The minimum Gasteiger partial charge on any atom is -0.504 e. The predicted molar refractivity (Wildman–Crippen MR) is 127 cm³/mol. The second-order valence-corrected chi connectivity index (χ2v) is 8.13. The van der Waals surface area contributed by atoms with Gasteiger partial charge >= 0.3 is 5.69 Å². The number of hydrogen-bond acceptors (Lipinski definition) is 5. The van der Waals surface area contributed by atoms with E-state index >= 15 is 0 Å². The summed E-state index contributed by atoms with van der Waals surface area (Å²) < 4.78 is 52.8. The van der Waals surface area contributed by atoms with E-state index < -0.39 is 46.5 Å². The van der Waals surface area contributed by atoms with E-state index in [-0.39, 0.29) is 22.4 Å². The molecule has 194 valence electrons. The first-order valence-electron chi connectivity index (χ1n) is 10.9. The normalized spacial score (nSPS) is 12.4. The standard InChI is InChI=1S/C17H14F2N2O3.C8H8F2N2O/c1-9(8-10-2-4-11(18)5-3-10)21-16(23)14-13(20-17(21)24)7-6-12(19)15(14)22;1-5(12-4-13)8-7(10)2-6(9)3-11-8/h2-7,9,22H,8H2,1H3,(H,20,24);2-5H,1H3,(H,12,13). The Bertz CT molecular complexity index is 1540. The van der Waals surface area contributed by atoms with Gasteiger partial charge < -0.3 is 15.4 Å². The molecule has 2 unspecified atom stereocenters. The molecule has 0 bridgehead atoms. The number of benzene rings is 2. The van der Waals surface area contributed by atoms with Crippen LogP contribution in [0.25, 0.3) is 10.9 Å². The van der Waals surface area contributed by atoms with Gasteiger partial charge in [0.15, 0.2) is 11.6 Å². The lowest BCUT2D eigenvalue weighted by molar-refractivity contribution is -0.110. The number of nitrogens with zero attached hydrogens (tertiary/aromatic N) is 2. The molecule has 0 saturated heterocycles. The third-order valence-electron chi connectivity index (χ3n) is 5.47. The molecule has 4 aromatic rings. The molecule has 2 heterocycles. The van der Waals surface area contributed by atoms with Gasteiger partial charge in [-0.15, -0.1) is 0 Å². The van der Waals surface area contributed by atoms with Crippen LogP contribution in [-0.2, 0) is 11.2 Å². The summed E-state index contributed by atoms with van der Waals surface area (Å²) >= 11 is 0. The van der Waals surface area contributed by atoms with Gasteiger partial charge in [-0.1, -0.05) is 12.1 Å². The van der Waals surface area contributed by atoms with Crippen molar-refractivity contribution in [2.75, 3.05) is 0 Å². The number of carbonyl (C=O) groups is 1. The molecule has 0 aliphatic rings. The van der Waals surface area contributed by atoms with E-state index in [9.17, 15) is 37.1 Å². The van der Waals surface area contributed by atoms with Crippen molar-refractivity contribution >= 4 is 17.3 Å². The fourth-order valence-electron chi connectivity index (χ4n) is 3.65. The third-order valence-corrected chi connectivity index (χ3v) is 5.47. The third kappa shape index (κ3) is 6.21. The molecule has 37 heavy (non-hydrogen) atoms. The molecule has 1 amide bonds. The molecule has 3 N–H and O–H groups in total. The molecule has 2 aromatic heterocycles. The summed E-state index contributed by atoms with van der Waals surface area (Å²) in [5, 5.41) is 11.8. The Morgan fingerprint density at radius 3 is 2.32 bits per heavy atom. The van der Waals surface area contributed by atoms with Gasteiger partial charge in [-0.2, -0.15) is 0 Å². The van der Waals surface area contributed by atoms with Crippen LogP contribution in [0.5, 0.6) is 5.75 Å². The highest BCUT2D eigenvalue weighted by atomic mass is 19.1. The summed E-state index contributed by atoms with van der Waals surface area (Å²) in [7, 11) is 0. The molecule has 4 rings (SSSR count). The SMILES string of the molecule is CC(Cc1ccc(F)cc1)n1c(=O)[nH]c2ccc(F)c(O)c2c1=O.CC(NC=O)c1ncc(F)cc1F. The van der Waals surface area contributed by atoms with Gasteiger partial charge in [0.05, 0.1) is 23.4 Å². The smallest absolute Gasteiger partial charge is 0.329 e. The first kappa shape index (κ1) is 27.1. The van der Waals surface area contributed by atoms with E-state index in [1.54, 1.807) is 26.0 Å². The number of rotatable bonds is 6. The Morgan fingerprint density at radius 1 is 1.03 bits per heavy atom. The highest BCUT2D eigenvalue weighted by molar-refractivity contribution is 5.83. The number of aromatic hydroxyl groups is 1. The van der Waals surface area contributed by atoms with Gasteiger partial charge in [0, 0.05) is 12.1 Å². The van der Waals surface area contributed by atoms with Gasteiger partial charge in [0.1, 0.15) is 22.8 Å². The monoisotopic (exact) mass is 518 g/mol. The number of amides is 1. The topological polar surface area (TPSA) is 117 Å². The van der Waals surface area contributed by atoms with E-state index in [0.717, 1.165) is 28.5 Å². The number of nitrogens with one attached hydrogen (secondary N) is 2. The zero-order chi connectivity index (χ0) is 27.3. The molecule has 0 fully saturated rings. The van der Waals surface area contributed by atoms with E-state index in [4.69, 9.17) is 0 Å². The molecule has 0 aliphatic carbocycles. The summed E-state index contributed by atoms with van der Waals surface area (Å²) in [6.45, 7) is 3.19. The van der Waals surface area contributed by atoms with E-state index in [2.05, 4.69) is 15.3 Å². The number of pyridine rings is 1. The maximum atomic E-state index is 13.5. The van der Waals surface area contributed by atoms with Crippen LogP contribution >= 0.6 is 0 Å².